The summed E-state index contributed by atoms with van der Waals surface area (Å²) in [6.07, 6.45) is 3.00. The molecule has 1 fully saturated rings. The Morgan fingerprint density at radius 1 is 1.23 bits per heavy atom. The van der Waals surface area contributed by atoms with Gasteiger partial charge in [-0.1, -0.05) is 29.8 Å². The van der Waals surface area contributed by atoms with Crippen LogP contribution in [0.1, 0.15) is 18.4 Å². The summed E-state index contributed by atoms with van der Waals surface area (Å²) < 4.78 is 13.0. The largest absolute Gasteiger partial charge is 0.336 e. The quantitative estimate of drug-likeness (QED) is 0.733. The normalized spacial score (nSPS) is 19.8. The maximum atomic E-state index is 13.0. The van der Waals surface area contributed by atoms with Gasteiger partial charge in [-0.15, -0.1) is 0 Å². The van der Waals surface area contributed by atoms with Crippen molar-refractivity contribution < 1.29 is 9.18 Å². The average molecular weight is 376 g/mol. The number of halogens is 2. The van der Waals surface area contributed by atoms with Gasteiger partial charge in [0.25, 0.3) is 0 Å². The highest BCUT2D eigenvalue weighted by molar-refractivity contribution is 6.30. The molecule has 0 aromatic heterocycles. The number of hydrogen-bond acceptors (Lipinski definition) is 2. The summed E-state index contributed by atoms with van der Waals surface area (Å²) in [6, 6.07) is 13.8. The van der Waals surface area contributed by atoms with Gasteiger partial charge in [0.15, 0.2) is 0 Å². The van der Waals surface area contributed by atoms with E-state index in [1.54, 1.807) is 24.3 Å². The number of anilines is 1. The van der Waals surface area contributed by atoms with Crippen molar-refractivity contribution in [2.24, 2.45) is 5.92 Å². The molecule has 2 aromatic carbocycles. The zero-order valence-corrected chi connectivity index (χ0v) is 15.2. The molecule has 2 atom stereocenters. The zero-order chi connectivity index (χ0) is 18.4. The van der Waals surface area contributed by atoms with Gasteiger partial charge in [-0.2, -0.15) is 0 Å². The van der Waals surface area contributed by atoms with Crippen molar-refractivity contribution in [3.05, 3.63) is 64.9 Å². The number of carbonyl (C=O) groups excluding carboxylic acids is 1. The van der Waals surface area contributed by atoms with E-state index < -0.39 is 0 Å². The second-order valence-electron chi connectivity index (χ2n) is 6.72. The Morgan fingerprint density at radius 3 is 2.81 bits per heavy atom. The van der Waals surface area contributed by atoms with E-state index >= 15 is 0 Å². The first-order chi connectivity index (χ1) is 12.6. The molecule has 2 amide bonds. The third kappa shape index (κ3) is 5.71. The van der Waals surface area contributed by atoms with E-state index in [9.17, 15) is 9.18 Å². The van der Waals surface area contributed by atoms with Gasteiger partial charge in [-0.3, -0.25) is 0 Å². The van der Waals surface area contributed by atoms with Crippen LogP contribution in [0, 0.1) is 11.7 Å². The van der Waals surface area contributed by atoms with Crippen molar-refractivity contribution in [2.45, 2.75) is 25.3 Å². The summed E-state index contributed by atoms with van der Waals surface area (Å²) in [5.74, 6) is 0.330. The monoisotopic (exact) mass is 375 g/mol. The van der Waals surface area contributed by atoms with Crippen LogP contribution >= 0.6 is 11.6 Å². The van der Waals surface area contributed by atoms with Crippen molar-refractivity contribution in [3.63, 3.8) is 0 Å². The molecule has 138 valence electrons. The van der Waals surface area contributed by atoms with Gasteiger partial charge >= 0.3 is 6.03 Å². The first-order valence-electron chi connectivity index (χ1n) is 8.87. The predicted octanol–water partition coefficient (Wildman–Crippen LogP) is 4.21. The molecule has 1 aliphatic rings. The SMILES string of the molecule is O=C(NC[C@H]1C[C@H](Cc2ccc(F)cc2)CCN1)Nc1cccc(Cl)c1. The van der Waals surface area contributed by atoms with Crippen molar-refractivity contribution in [1.29, 1.82) is 0 Å². The summed E-state index contributed by atoms with van der Waals surface area (Å²) in [4.78, 5) is 12.0. The molecule has 1 saturated heterocycles. The topological polar surface area (TPSA) is 53.2 Å². The molecular weight excluding hydrogens is 353 g/mol. The van der Waals surface area contributed by atoms with Crippen LogP contribution in [-0.4, -0.2) is 25.2 Å². The van der Waals surface area contributed by atoms with E-state index in [1.807, 2.05) is 12.1 Å². The summed E-state index contributed by atoms with van der Waals surface area (Å²) in [6.45, 7) is 1.49. The Labute approximate surface area is 158 Å². The highest BCUT2D eigenvalue weighted by atomic mass is 35.5. The molecule has 0 saturated carbocycles. The maximum Gasteiger partial charge on any atom is 0.319 e. The smallest absolute Gasteiger partial charge is 0.319 e. The van der Waals surface area contributed by atoms with Crippen LogP contribution in [0.25, 0.3) is 0 Å². The van der Waals surface area contributed by atoms with Gasteiger partial charge in [0.05, 0.1) is 0 Å². The molecule has 0 spiro atoms. The molecule has 2 aromatic rings. The molecule has 0 aliphatic carbocycles. The second kappa shape index (κ2) is 9.01. The predicted molar refractivity (Wildman–Crippen MR) is 103 cm³/mol. The lowest BCUT2D eigenvalue weighted by Gasteiger charge is -2.30. The van der Waals surface area contributed by atoms with E-state index in [4.69, 9.17) is 11.6 Å². The summed E-state index contributed by atoms with van der Waals surface area (Å²) in [5.41, 5.74) is 1.82. The Balaban J connectivity index is 1.44. The average Bonchev–Trinajstić information content (AvgIpc) is 2.62. The molecule has 1 heterocycles. The van der Waals surface area contributed by atoms with E-state index in [0.717, 1.165) is 31.4 Å². The number of rotatable bonds is 5. The molecule has 0 unspecified atom stereocenters. The first kappa shape index (κ1) is 18.7. The van der Waals surface area contributed by atoms with Gasteiger partial charge in [0, 0.05) is 23.3 Å². The van der Waals surface area contributed by atoms with E-state index in [1.165, 1.54) is 12.1 Å². The number of nitrogens with one attached hydrogen (secondary N) is 3. The van der Waals surface area contributed by atoms with Gasteiger partial charge in [0.1, 0.15) is 5.82 Å². The van der Waals surface area contributed by atoms with Gasteiger partial charge < -0.3 is 16.0 Å². The zero-order valence-electron chi connectivity index (χ0n) is 14.5. The lowest BCUT2D eigenvalue weighted by molar-refractivity contribution is 0.246. The molecule has 26 heavy (non-hydrogen) atoms. The number of amides is 2. The van der Waals surface area contributed by atoms with Crippen LogP contribution in [0.15, 0.2) is 48.5 Å². The molecule has 6 heteroatoms. The number of benzene rings is 2. The highest BCUT2D eigenvalue weighted by Gasteiger charge is 2.22. The second-order valence-corrected chi connectivity index (χ2v) is 7.15. The molecule has 1 aliphatic heterocycles. The minimum atomic E-state index is -0.241. The Bertz CT molecular complexity index is 738. The van der Waals surface area contributed by atoms with Crippen molar-refractivity contribution in [1.82, 2.24) is 10.6 Å². The number of piperidine rings is 1. The molecule has 0 radical (unpaired) electrons. The van der Waals surface area contributed by atoms with Gasteiger partial charge in [-0.25, -0.2) is 9.18 Å². The summed E-state index contributed by atoms with van der Waals surface area (Å²) in [5, 5.41) is 9.72. The fourth-order valence-electron chi connectivity index (χ4n) is 3.35. The highest BCUT2D eigenvalue weighted by Crippen LogP contribution is 2.21. The number of carbonyl (C=O) groups is 1. The van der Waals surface area contributed by atoms with Crippen molar-refractivity contribution in [3.8, 4) is 0 Å². The van der Waals surface area contributed by atoms with Crippen LogP contribution in [0.2, 0.25) is 5.02 Å². The standard InChI is InChI=1S/C20H23ClFN3O/c21-16-2-1-3-18(12-16)25-20(26)24-13-19-11-15(8-9-23-19)10-14-4-6-17(22)7-5-14/h1-7,12,15,19,23H,8-11,13H2,(H2,24,25,26)/t15-,19+/m0/s1. The number of hydrogen-bond donors (Lipinski definition) is 3. The maximum absolute atomic E-state index is 13.0. The van der Waals surface area contributed by atoms with Crippen molar-refractivity contribution in [2.75, 3.05) is 18.4 Å². The summed E-state index contributed by atoms with van der Waals surface area (Å²) in [7, 11) is 0. The Hall–Kier alpha value is -2.11. The van der Waals surface area contributed by atoms with Crippen LogP contribution in [0.3, 0.4) is 0 Å². The van der Waals surface area contributed by atoms with Crippen LogP contribution in [0.5, 0.6) is 0 Å². The fourth-order valence-corrected chi connectivity index (χ4v) is 3.54. The van der Waals surface area contributed by atoms with Gasteiger partial charge in [0.2, 0.25) is 0 Å². The molecule has 3 N–H and O–H groups in total. The molecular formula is C20H23ClFN3O. The third-order valence-corrected chi connectivity index (χ3v) is 4.87. The van der Waals surface area contributed by atoms with E-state index in [0.29, 0.717) is 23.2 Å². The number of urea groups is 1. The lowest BCUT2D eigenvalue weighted by atomic mass is 9.87. The summed E-state index contributed by atoms with van der Waals surface area (Å²) >= 11 is 5.92. The molecule has 3 rings (SSSR count). The fraction of sp³-hybridized carbons (Fsp3) is 0.350. The minimum absolute atomic E-state index is 0.202. The third-order valence-electron chi connectivity index (χ3n) is 4.63. The van der Waals surface area contributed by atoms with E-state index in [-0.39, 0.29) is 17.9 Å². The lowest BCUT2D eigenvalue weighted by Crippen LogP contribution is -2.47. The van der Waals surface area contributed by atoms with Crippen LogP contribution < -0.4 is 16.0 Å². The van der Waals surface area contributed by atoms with Crippen LogP contribution in [0.4, 0.5) is 14.9 Å². The van der Waals surface area contributed by atoms with Crippen LogP contribution in [-0.2, 0) is 6.42 Å². The van der Waals surface area contributed by atoms with Gasteiger partial charge in [-0.05, 0) is 67.6 Å². The minimum Gasteiger partial charge on any atom is -0.336 e. The molecule has 4 nitrogen and oxygen atoms in total. The van der Waals surface area contributed by atoms with E-state index in [2.05, 4.69) is 16.0 Å². The molecule has 0 bridgehead atoms. The Kier molecular flexibility index (Phi) is 6.47. The van der Waals surface area contributed by atoms with Crippen molar-refractivity contribution >= 4 is 23.3 Å². The first-order valence-corrected chi connectivity index (χ1v) is 9.24. The Morgan fingerprint density at radius 2 is 2.04 bits per heavy atom.